The van der Waals surface area contributed by atoms with E-state index in [1.54, 1.807) is 0 Å². The number of hydrogen-bond donors (Lipinski definition) is 0. The second-order valence-corrected chi connectivity index (χ2v) is 6.25. The Hall–Kier alpha value is -0.610. The van der Waals surface area contributed by atoms with Gasteiger partial charge in [-0.15, -0.1) is 0 Å². The summed E-state index contributed by atoms with van der Waals surface area (Å²) in [5, 5.41) is 0. The molecule has 4 rings (SSSR count). The molecule has 2 aliphatic heterocycles. The van der Waals surface area contributed by atoms with Crippen LogP contribution < -0.4 is 0 Å². The van der Waals surface area contributed by atoms with Crippen molar-refractivity contribution in [2.24, 2.45) is 11.8 Å². The van der Waals surface area contributed by atoms with Crippen LogP contribution in [0.1, 0.15) is 38.5 Å². The summed E-state index contributed by atoms with van der Waals surface area (Å²) >= 11 is 0. The maximum atomic E-state index is 12.0. The van der Waals surface area contributed by atoms with E-state index >= 15 is 0 Å². The lowest BCUT2D eigenvalue weighted by molar-refractivity contribution is -0.151. The summed E-state index contributed by atoms with van der Waals surface area (Å²) in [5.41, 5.74) is 0. The van der Waals surface area contributed by atoms with Crippen molar-refractivity contribution in [1.82, 2.24) is 0 Å². The number of fused-ring (bicyclic) bond motifs is 2. The molecule has 0 spiro atoms. The monoisotopic (exact) mass is 252 g/mol. The average molecular weight is 252 g/mol. The minimum absolute atomic E-state index is 0.00258. The Bertz CT molecular complexity index is 356. The zero-order valence-electron chi connectivity index (χ0n) is 10.5. The van der Waals surface area contributed by atoms with E-state index in [0.29, 0.717) is 36.9 Å². The van der Waals surface area contributed by atoms with Crippen LogP contribution in [0.2, 0.25) is 0 Å². The molecule has 2 saturated carbocycles. The molecule has 0 aromatic heterocycles. The summed E-state index contributed by atoms with van der Waals surface area (Å²) in [6.07, 6.45) is 8.03. The molecule has 2 heterocycles. The van der Waals surface area contributed by atoms with E-state index in [1.165, 1.54) is 0 Å². The number of ether oxygens (including phenoxy) is 3. The number of epoxide rings is 2. The molecule has 4 heteroatoms. The highest BCUT2D eigenvalue weighted by Gasteiger charge is 2.47. The first-order chi connectivity index (χ1) is 8.79. The minimum Gasteiger partial charge on any atom is -0.465 e. The Kier molecular flexibility index (Phi) is 2.62. The van der Waals surface area contributed by atoms with Crippen molar-refractivity contribution in [2.45, 2.75) is 62.9 Å². The lowest BCUT2D eigenvalue weighted by atomic mass is 9.89. The third kappa shape index (κ3) is 2.16. The highest BCUT2D eigenvalue weighted by Crippen LogP contribution is 2.41. The van der Waals surface area contributed by atoms with Gasteiger partial charge in [0.25, 0.3) is 0 Å². The lowest BCUT2D eigenvalue weighted by Crippen LogP contribution is -2.27. The van der Waals surface area contributed by atoms with Gasteiger partial charge in [-0.3, -0.25) is 4.79 Å². The fourth-order valence-corrected chi connectivity index (χ4v) is 3.57. The van der Waals surface area contributed by atoms with Crippen molar-refractivity contribution < 1.29 is 19.0 Å². The van der Waals surface area contributed by atoms with Crippen LogP contribution in [0, 0.1) is 11.8 Å². The van der Waals surface area contributed by atoms with Crippen molar-refractivity contribution in [3.8, 4) is 0 Å². The van der Waals surface area contributed by atoms with Gasteiger partial charge in [-0.2, -0.15) is 0 Å². The summed E-state index contributed by atoms with van der Waals surface area (Å²) in [6.45, 7) is 0.594. The Morgan fingerprint density at radius 3 is 2.39 bits per heavy atom. The van der Waals surface area contributed by atoms with E-state index in [2.05, 4.69) is 0 Å². The predicted molar refractivity (Wildman–Crippen MR) is 63.0 cm³/mol. The average Bonchev–Trinajstić information content (AvgIpc) is 3.26. The van der Waals surface area contributed by atoms with E-state index in [1.807, 2.05) is 0 Å². The molecule has 4 fully saturated rings. The molecule has 2 aliphatic carbocycles. The molecule has 0 radical (unpaired) electrons. The van der Waals surface area contributed by atoms with Crippen LogP contribution in [-0.2, 0) is 19.0 Å². The fraction of sp³-hybridized carbons (Fsp3) is 0.929. The highest BCUT2D eigenvalue weighted by atomic mass is 16.6. The summed E-state index contributed by atoms with van der Waals surface area (Å²) < 4.78 is 16.4. The van der Waals surface area contributed by atoms with Gasteiger partial charge in [-0.05, 0) is 44.4 Å². The first kappa shape index (κ1) is 11.2. The van der Waals surface area contributed by atoms with Gasteiger partial charge in [0.15, 0.2) is 0 Å². The molecule has 4 nitrogen and oxygen atoms in total. The maximum absolute atomic E-state index is 12.0. The zero-order valence-corrected chi connectivity index (χ0v) is 10.5. The molecule has 6 atom stereocenters. The minimum atomic E-state index is 0.00258. The number of carbonyl (C=O) groups excluding carboxylic acids is 1. The molecule has 18 heavy (non-hydrogen) atoms. The highest BCUT2D eigenvalue weighted by molar-refractivity contribution is 5.72. The number of carbonyl (C=O) groups is 1. The van der Waals surface area contributed by atoms with Crippen molar-refractivity contribution in [3.05, 3.63) is 0 Å². The number of esters is 1. The smallest absolute Gasteiger partial charge is 0.309 e. The SMILES string of the molecule is O=C(OCC1CC[C@@H]2O[C@@H]2C1)C1CC[C@H]2O[C@H]2C1. The molecule has 0 N–H and O–H groups in total. The van der Waals surface area contributed by atoms with Crippen molar-refractivity contribution in [2.75, 3.05) is 6.61 Å². The molecular weight excluding hydrogens is 232 g/mol. The van der Waals surface area contributed by atoms with E-state index in [9.17, 15) is 4.79 Å². The Morgan fingerprint density at radius 1 is 0.944 bits per heavy atom. The second kappa shape index (κ2) is 4.20. The van der Waals surface area contributed by atoms with Crippen LogP contribution in [0.25, 0.3) is 0 Å². The van der Waals surface area contributed by atoms with Crippen LogP contribution in [0.4, 0.5) is 0 Å². The normalized spacial score (nSPS) is 48.9. The summed E-state index contributed by atoms with van der Waals surface area (Å²) in [6, 6.07) is 0. The van der Waals surface area contributed by atoms with E-state index in [4.69, 9.17) is 14.2 Å². The number of hydrogen-bond acceptors (Lipinski definition) is 4. The topological polar surface area (TPSA) is 51.4 Å². The molecular formula is C14H20O4. The van der Waals surface area contributed by atoms with Gasteiger partial charge >= 0.3 is 5.97 Å². The molecule has 100 valence electrons. The molecule has 0 aromatic rings. The van der Waals surface area contributed by atoms with Crippen LogP contribution in [0.3, 0.4) is 0 Å². The third-order valence-corrected chi connectivity index (χ3v) is 4.91. The first-order valence-electron chi connectivity index (χ1n) is 7.27. The van der Waals surface area contributed by atoms with Gasteiger partial charge in [-0.25, -0.2) is 0 Å². The first-order valence-corrected chi connectivity index (χ1v) is 7.27. The van der Waals surface area contributed by atoms with Crippen molar-refractivity contribution in [1.29, 1.82) is 0 Å². The predicted octanol–water partition coefficient (Wildman–Crippen LogP) is 1.66. The van der Waals surface area contributed by atoms with E-state index in [0.717, 1.165) is 38.5 Å². The van der Waals surface area contributed by atoms with Gasteiger partial charge in [-0.1, -0.05) is 0 Å². The summed E-state index contributed by atoms with van der Waals surface area (Å²) in [4.78, 5) is 12.0. The summed E-state index contributed by atoms with van der Waals surface area (Å²) in [5.74, 6) is 0.608. The zero-order chi connectivity index (χ0) is 12.1. The molecule has 4 aliphatic rings. The molecule has 0 amide bonds. The van der Waals surface area contributed by atoms with Gasteiger partial charge < -0.3 is 14.2 Å². The molecule has 2 saturated heterocycles. The van der Waals surface area contributed by atoms with Crippen LogP contribution in [0.5, 0.6) is 0 Å². The van der Waals surface area contributed by atoms with Gasteiger partial charge in [0, 0.05) is 0 Å². The van der Waals surface area contributed by atoms with E-state index in [-0.39, 0.29) is 11.9 Å². The van der Waals surface area contributed by atoms with Gasteiger partial charge in [0.1, 0.15) is 0 Å². The number of rotatable bonds is 3. The third-order valence-electron chi connectivity index (χ3n) is 4.91. The van der Waals surface area contributed by atoms with Crippen LogP contribution >= 0.6 is 0 Å². The Labute approximate surface area is 107 Å². The molecule has 0 bridgehead atoms. The standard InChI is InChI=1S/C14H20O4/c15-14(9-2-4-11-13(6-9)18-11)16-7-8-1-3-10-12(5-8)17-10/h8-13H,1-7H2/t8?,9?,10-,11+,12+,13-/m0/s1. The molecule has 0 aromatic carbocycles. The lowest BCUT2D eigenvalue weighted by Gasteiger charge is -2.21. The van der Waals surface area contributed by atoms with E-state index < -0.39 is 0 Å². The second-order valence-electron chi connectivity index (χ2n) is 6.25. The Morgan fingerprint density at radius 2 is 1.67 bits per heavy atom. The molecule has 2 unspecified atom stereocenters. The Balaban J connectivity index is 1.23. The van der Waals surface area contributed by atoms with Crippen LogP contribution in [-0.4, -0.2) is 37.0 Å². The maximum Gasteiger partial charge on any atom is 0.309 e. The van der Waals surface area contributed by atoms with Gasteiger partial charge in [0.05, 0.1) is 36.9 Å². The quantitative estimate of drug-likeness (QED) is 0.566. The summed E-state index contributed by atoms with van der Waals surface area (Å²) in [7, 11) is 0. The largest absolute Gasteiger partial charge is 0.465 e. The van der Waals surface area contributed by atoms with Crippen molar-refractivity contribution >= 4 is 5.97 Å². The van der Waals surface area contributed by atoms with Crippen molar-refractivity contribution in [3.63, 3.8) is 0 Å². The fourth-order valence-electron chi connectivity index (χ4n) is 3.57. The van der Waals surface area contributed by atoms with Gasteiger partial charge in [0.2, 0.25) is 0 Å². The van der Waals surface area contributed by atoms with Crippen LogP contribution in [0.15, 0.2) is 0 Å².